The molecule has 0 fully saturated rings. The minimum atomic E-state index is -3.80. The van der Waals surface area contributed by atoms with E-state index in [1.165, 1.54) is 0 Å². The SMILES string of the molecule is CCOP(=O)(OCC)C(C[C@H](C)CO[Si](c1ccccc1)(c1ccccc1)C(C)(C)C)C(=O)O. The van der Waals surface area contributed by atoms with Crippen LogP contribution in [0.4, 0.5) is 0 Å². The number of carboxylic acid groups (broad SMARTS) is 1. The van der Waals surface area contributed by atoms with E-state index in [4.69, 9.17) is 13.5 Å². The van der Waals surface area contributed by atoms with Gasteiger partial charge in [0.15, 0.2) is 5.66 Å². The van der Waals surface area contributed by atoms with Gasteiger partial charge in [0.05, 0.1) is 13.2 Å². The van der Waals surface area contributed by atoms with Gasteiger partial charge < -0.3 is 18.6 Å². The third kappa shape index (κ3) is 6.46. The fraction of sp³-hybridized carbons (Fsp3) is 0.500. The first-order chi connectivity index (χ1) is 16.0. The van der Waals surface area contributed by atoms with Crippen LogP contribution in [0.2, 0.25) is 5.04 Å². The van der Waals surface area contributed by atoms with Crippen LogP contribution in [0.15, 0.2) is 60.7 Å². The fourth-order valence-electron chi connectivity index (χ4n) is 4.42. The molecule has 34 heavy (non-hydrogen) atoms. The summed E-state index contributed by atoms with van der Waals surface area (Å²) in [5.41, 5.74) is -1.25. The maximum atomic E-state index is 13.2. The first kappa shape index (κ1) is 28.5. The molecule has 0 heterocycles. The topological polar surface area (TPSA) is 82.1 Å². The lowest BCUT2D eigenvalue weighted by Crippen LogP contribution is -2.66. The van der Waals surface area contributed by atoms with Crippen molar-refractivity contribution in [2.75, 3.05) is 19.8 Å². The van der Waals surface area contributed by atoms with Crippen molar-refractivity contribution in [2.45, 2.75) is 58.7 Å². The number of hydrogen-bond donors (Lipinski definition) is 1. The van der Waals surface area contributed by atoms with E-state index < -0.39 is 27.5 Å². The summed E-state index contributed by atoms with van der Waals surface area (Å²) >= 11 is 0. The zero-order valence-electron chi connectivity index (χ0n) is 21.2. The molecular formula is C26H39O6PSi. The molecular weight excluding hydrogens is 467 g/mol. The lowest BCUT2D eigenvalue weighted by Gasteiger charge is -2.43. The third-order valence-corrected chi connectivity index (χ3v) is 13.3. The monoisotopic (exact) mass is 506 g/mol. The highest BCUT2D eigenvalue weighted by atomic mass is 31.2. The number of aliphatic carboxylic acids is 1. The molecule has 0 aliphatic carbocycles. The summed E-state index contributed by atoms with van der Waals surface area (Å²) in [4.78, 5) is 12.1. The Hall–Kier alpha value is -1.76. The molecule has 0 radical (unpaired) electrons. The van der Waals surface area contributed by atoms with Crippen molar-refractivity contribution in [3.63, 3.8) is 0 Å². The summed E-state index contributed by atoms with van der Waals surface area (Å²) in [6, 6.07) is 20.6. The molecule has 6 nitrogen and oxygen atoms in total. The predicted molar refractivity (Wildman–Crippen MR) is 140 cm³/mol. The second-order valence-corrected chi connectivity index (χ2v) is 16.1. The lowest BCUT2D eigenvalue weighted by molar-refractivity contribution is -0.137. The second kappa shape index (κ2) is 12.3. The summed E-state index contributed by atoms with van der Waals surface area (Å²) in [5.74, 6) is -1.36. The van der Waals surface area contributed by atoms with Crippen molar-refractivity contribution in [1.29, 1.82) is 0 Å². The highest BCUT2D eigenvalue weighted by Gasteiger charge is 2.50. The van der Waals surface area contributed by atoms with Crippen LogP contribution in [-0.2, 0) is 22.8 Å². The Bertz CT molecular complexity index is 895. The Balaban J connectivity index is 2.40. The van der Waals surface area contributed by atoms with Crippen molar-refractivity contribution in [1.82, 2.24) is 0 Å². The Morgan fingerprint density at radius 1 is 0.941 bits per heavy atom. The number of hydrogen-bond acceptors (Lipinski definition) is 5. The zero-order chi connectivity index (χ0) is 25.4. The van der Waals surface area contributed by atoms with Crippen molar-refractivity contribution >= 4 is 32.3 Å². The van der Waals surface area contributed by atoms with Crippen molar-refractivity contribution in [3.05, 3.63) is 60.7 Å². The van der Waals surface area contributed by atoms with Gasteiger partial charge in [0, 0.05) is 6.61 Å². The fourth-order valence-corrected chi connectivity index (χ4v) is 11.2. The van der Waals surface area contributed by atoms with Gasteiger partial charge in [-0.3, -0.25) is 9.36 Å². The van der Waals surface area contributed by atoms with Gasteiger partial charge >= 0.3 is 13.6 Å². The number of benzene rings is 2. The highest BCUT2D eigenvalue weighted by molar-refractivity contribution is 7.55. The molecule has 0 spiro atoms. The summed E-state index contributed by atoms with van der Waals surface area (Å²) in [5, 5.41) is 12.0. The maximum Gasteiger partial charge on any atom is 0.344 e. The Morgan fingerprint density at radius 3 is 1.74 bits per heavy atom. The van der Waals surface area contributed by atoms with Crippen LogP contribution < -0.4 is 10.4 Å². The Morgan fingerprint density at radius 2 is 1.38 bits per heavy atom. The average molecular weight is 507 g/mol. The molecule has 8 heteroatoms. The molecule has 2 rings (SSSR count). The predicted octanol–water partition coefficient (Wildman–Crippen LogP) is 5.31. The van der Waals surface area contributed by atoms with Crippen LogP contribution in [0.1, 0.15) is 48.0 Å². The van der Waals surface area contributed by atoms with Crippen LogP contribution in [-0.4, -0.2) is 44.9 Å². The third-order valence-electron chi connectivity index (χ3n) is 5.91. The minimum Gasteiger partial charge on any atom is -0.481 e. The van der Waals surface area contributed by atoms with Crippen LogP contribution in [0.3, 0.4) is 0 Å². The van der Waals surface area contributed by atoms with E-state index in [-0.39, 0.29) is 30.6 Å². The second-order valence-electron chi connectivity index (χ2n) is 9.54. The van der Waals surface area contributed by atoms with E-state index >= 15 is 0 Å². The summed E-state index contributed by atoms with van der Waals surface area (Å²) in [6.07, 6.45) is 0.130. The van der Waals surface area contributed by atoms with E-state index in [0.29, 0.717) is 6.61 Å². The lowest BCUT2D eigenvalue weighted by atomic mass is 10.1. The van der Waals surface area contributed by atoms with Gasteiger partial charge in [0.2, 0.25) is 0 Å². The van der Waals surface area contributed by atoms with Crippen LogP contribution >= 0.6 is 7.60 Å². The molecule has 0 saturated carbocycles. The molecule has 0 aromatic heterocycles. The molecule has 0 amide bonds. The molecule has 0 aliphatic heterocycles. The van der Waals surface area contributed by atoms with Gasteiger partial charge in [0.1, 0.15) is 0 Å². The maximum absolute atomic E-state index is 13.2. The molecule has 188 valence electrons. The van der Waals surface area contributed by atoms with Crippen molar-refractivity contribution < 1.29 is 27.9 Å². The van der Waals surface area contributed by atoms with E-state index in [0.717, 1.165) is 10.4 Å². The smallest absolute Gasteiger partial charge is 0.344 e. The zero-order valence-corrected chi connectivity index (χ0v) is 23.1. The molecule has 2 atom stereocenters. The number of carbonyl (C=O) groups is 1. The standard InChI is InChI=1S/C26H39O6PSi/c1-7-30-33(29,31-8-2)24(25(27)28)19-21(3)20-32-34(26(4,5)6,22-15-11-9-12-16-22)23-17-13-10-14-18-23/h9-18,21,24H,7-8,19-20H2,1-6H3,(H,27,28)/t21-,24?/m0/s1. The first-order valence-corrected chi connectivity index (χ1v) is 15.4. The van der Waals surface area contributed by atoms with Crippen molar-refractivity contribution in [2.24, 2.45) is 5.92 Å². The van der Waals surface area contributed by atoms with E-state index in [2.05, 4.69) is 45.0 Å². The van der Waals surface area contributed by atoms with Crippen LogP contribution in [0.5, 0.6) is 0 Å². The van der Waals surface area contributed by atoms with E-state index in [1.807, 2.05) is 43.3 Å². The quantitative estimate of drug-likeness (QED) is 0.293. The Kier molecular flexibility index (Phi) is 10.3. The average Bonchev–Trinajstić information content (AvgIpc) is 2.78. The van der Waals surface area contributed by atoms with E-state index in [9.17, 15) is 14.5 Å². The van der Waals surface area contributed by atoms with Gasteiger partial charge in [-0.25, -0.2) is 0 Å². The molecule has 1 unspecified atom stereocenters. The van der Waals surface area contributed by atoms with Gasteiger partial charge in [-0.1, -0.05) is 88.4 Å². The summed E-state index contributed by atoms with van der Waals surface area (Å²) < 4.78 is 30.9. The van der Waals surface area contributed by atoms with E-state index in [1.54, 1.807) is 13.8 Å². The van der Waals surface area contributed by atoms with Gasteiger partial charge in [-0.2, -0.15) is 0 Å². The molecule has 2 aromatic carbocycles. The molecule has 0 saturated heterocycles. The number of carboxylic acids is 1. The number of rotatable bonds is 13. The molecule has 1 N–H and O–H groups in total. The van der Waals surface area contributed by atoms with Crippen LogP contribution in [0.25, 0.3) is 0 Å². The molecule has 0 aliphatic rings. The largest absolute Gasteiger partial charge is 0.481 e. The highest BCUT2D eigenvalue weighted by Crippen LogP contribution is 2.55. The van der Waals surface area contributed by atoms with Gasteiger partial charge in [-0.05, 0) is 41.6 Å². The van der Waals surface area contributed by atoms with Gasteiger partial charge in [0.25, 0.3) is 8.32 Å². The van der Waals surface area contributed by atoms with Crippen molar-refractivity contribution in [3.8, 4) is 0 Å². The Labute approximate surface area is 205 Å². The normalized spacial score (nSPS) is 14.5. The first-order valence-electron chi connectivity index (χ1n) is 11.9. The van der Waals surface area contributed by atoms with Crippen LogP contribution in [0, 0.1) is 5.92 Å². The summed E-state index contributed by atoms with van der Waals surface area (Å²) in [6.45, 7) is 12.4. The minimum absolute atomic E-state index is 0.119. The summed E-state index contributed by atoms with van der Waals surface area (Å²) in [7, 11) is -6.54. The molecule has 2 aromatic rings. The van der Waals surface area contributed by atoms with Gasteiger partial charge in [-0.15, -0.1) is 0 Å². The molecule has 0 bridgehead atoms.